The molecule has 32 heavy (non-hydrogen) atoms. The molecule has 1 atom stereocenters. The number of fused-ring (bicyclic) bond motifs is 1. The van der Waals surface area contributed by atoms with Crippen molar-refractivity contribution in [1.29, 1.82) is 0 Å². The first-order valence-electron chi connectivity index (χ1n) is 10.4. The Labute approximate surface area is 190 Å². The summed E-state index contributed by atoms with van der Waals surface area (Å²) in [5.74, 6) is 6.15. The Balaban J connectivity index is 2.12. The Bertz CT molecular complexity index is 1230. The van der Waals surface area contributed by atoms with E-state index in [2.05, 4.69) is 62.8 Å². The second-order valence-corrected chi connectivity index (χ2v) is 10.8. The van der Waals surface area contributed by atoms with Gasteiger partial charge in [-0.1, -0.05) is 36.4 Å². The Morgan fingerprint density at radius 3 is 1.72 bits per heavy atom. The van der Waals surface area contributed by atoms with Gasteiger partial charge >= 0.3 is 0 Å². The van der Waals surface area contributed by atoms with Crippen LogP contribution in [0.4, 0.5) is 21.9 Å². The van der Waals surface area contributed by atoms with E-state index >= 15 is 0 Å². The largest absolute Gasteiger partial charge is 0.378 e. The van der Waals surface area contributed by atoms with Gasteiger partial charge in [-0.2, -0.15) is 4.47 Å². The smallest absolute Gasteiger partial charge is 0.296 e. The highest BCUT2D eigenvalue weighted by molar-refractivity contribution is 8.18. The Kier molecular flexibility index (Phi) is 5.71. The van der Waals surface area contributed by atoms with Gasteiger partial charge in [-0.3, -0.25) is 4.79 Å². The van der Waals surface area contributed by atoms with E-state index in [-0.39, 0.29) is 5.24 Å². The van der Waals surface area contributed by atoms with Crippen LogP contribution < -0.4 is 20.5 Å². The number of benzene rings is 3. The van der Waals surface area contributed by atoms with E-state index in [9.17, 15) is 4.79 Å². The summed E-state index contributed by atoms with van der Waals surface area (Å²) in [4.78, 5) is 21.3. The number of para-hydroxylation sites is 1. The molecular formula is C25H29N5OS. The number of nitrogens with zero attached hydrogens (tertiary/aromatic N) is 4. The van der Waals surface area contributed by atoms with E-state index in [1.54, 1.807) is 11.9 Å². The quantitative estimate of drug-likeness (QED) is 0.281. The molecule has 3 aromatic rings. The third-order valence-electron chi connectivity index (χ3n) is 5.82. The summed E-state index contributed by atoms with van der Waals surface area (Å²) in [6.45, 7) is 0. The highest BCUT2D eigenvalue weighted by atomic mass is 32.2. The predicted molar refractivity (Wildman–Crippen MR) is 137 cm³/mol. The maximum absolute atomic E-state index is 13.8. The minimum absolute atomic E-state index is 0.0791. The summed E-state index contributed by atoms with van der Waals surface area (Å²) in [5, 5.41) is -0.0791. The second-order valence-electron chi connectivity index (χ2n) is 8.19. The number of hydrogen-bond donors (Lipinski definition) is 1. The van der Waals surface area contributed by atoms with Gasteiger partial charge in [0, 0.05) is 65.8 Å². The van der Waals surface area contributed by atoms with Gasteiger partial charge in [0.05, 0.1) is 5.69 Å². The van der Waals surface area contributed by atoms with Crippen LogP contribution in [0.15, 0.2) is 82.2 Å². The van der Waals surface area contributed by atoms with Crippen LogP contribution in [0.2, 0.25) is 0 Å². The van der Waals surface area contributed by atoms with E-state index < -0.39 is 9.41 Å². The van der Waals surface area contributed by atoms with Crippen LogP contribution in [0, 0.1) is 0 Å². The van der Waals surface area contributed by atoms with Gasteiger partial charge in [-0.25, -0.2) is 5.84 Å². The van der Waals surface area contributed by atoms with Crippen molar-refractivity contribution in [2.45, 2.75) is 4.90 Å². The minimum Gasteiger partial charge on any atom is -0.378 e. The van der Waals surface area contributed by atoms with Crippen molar-refractivity contribution in [1.82, 2.24) is 0 Å². The zero-order valence-electron chi connectivity index (χ0n) is 19.1. The van der Waals surface area contributed by atoms with E-state index in [4.69, 9.17) is 5.84 Å². The summed E-state index contributed by atoms with van der Waals surface area (Å²) < 4.78 is 4.39. The van der Waals surface area contributed by atoms with E-state index in [0.29, 0.717) is 0 Å². The maximum Gasteiger partial charge on any atom is 0.296 e. The number of hydrogen-bond acceptors (Lipinski definition) is 4. The summed E-state index contributed by atoms with van der Waals surface area (Å²) in [7, 11) is 7.30. The standard InChI is InChI=1S/C25H29N5OS/c1-28(2)20-14-10-18(11-15-20)24(19-12-16-21(17-13-19)29(3)4)32(27-26)23-9-7-6-8-22(23)30(5)25(32)31/h6-17H,26H2,1-5H3. The fraction of sp³-hybridized carbons (Fsp3) is 0.200. The number of anilines is 3. The molecule has 0 aliphatic carbocycles. The number of carbonyl (C=O) groups excluding carboxylic acids is 1. The number of rotatable bonds is 4. The number of nitrogens with two attached hydrogens (primary N) is 1. The van der Waals surface area contributed by atoms with Crippen molar-refractivity contribution < 1.29 is 4.79 Å². The van der Waals surface area contributed by atoms with Crippen LogP contribution in [0.5, 0.6) is 0 Å². The van der Waals surface area contributed by atoms with Crippen LogP contribution >= 0.6 is 0 Å². The molecule has 3 aromatic carbocycles. The first-order valence-corrected chi connectivity index (χ1v) is 11.9. The summed E-state index contributed by atoms with van der Waals surface area (Å²) >= 11 is 0. The molecule has 1 unspecified atom stereocenters. The molecule has 1 heterocycles. The van der Waals surface area contributed by atoms with E-state index in [1.165, 1.54) is 0 Å². The van der Waals surface area contributed by atoms with Crippen LogP contribution in [0.1, 0.15) is 11.1 Å². The third-order valence-corrected chi connectivity index (χ3v) is 8.96. The predicted octanol–water partition coefficient (Wildman–Crippen LogP) is 4.23. The molecule has 166 valence electrons. The molecule has 0 saturated carbocycles. The average molecular weight is 448 g/mol. The normalized spacial score (nSPS) is 17.2. The molecule has 1 aliphatic rings. The molecule has 0 aromatic heterocycles. The highest BCUT2D eigenvalue weighted by Gasteiger charge is 2.38. The zero-order valence-corrected chi connectivity index (χ0v) is 19.9. The Morgan fingerprint density at radius 2 is 1.28 bits per heavy atom. The first-order chi connectivity index (χ1) is 15.3. The van der Waals surface area contributed by atoms with Crippen molar-refractivity contribution in [3.05, 3.63) is 83.9 Å². The zero-order chi connectivity index (χ0) is 23.0. The fourth-order valence-corrected chi connectivity index (χ4v) is 7.18. The van der Waals surface area contributed by atoms with Gasteiger partial charge in [0.15, 0.2) is 0 Å². The van der Waals surface area contributed by atoms with Crippen LogP contribution in [0.25, 0.3) is 0 Å². The molecule has 0 saturated heterocycles. The summed E-state index contributed by atoms with van der Waals surface area (Å²) in [6.07, 6.45) is 0. The highest BCUT2D eigenvalue weighted by Crippen LogP contribution is 2.39. The summed E-state index contributed by atoms with van der Waals surface area (Å²) in [6, 6.07) is 24.3. The molecule has 4 rings (SSSR count). The lowest BCUT2D eigenvalue weighted by Gasteiger charge is -2.20. The number of amides is 1. The van der Waals surface area contributed by atoms with Crippen LogP contribution in [-0.4, -0.2) is 45.3 Å². The lowest BCUT2D eigenvalue weighted by atomic mass is 10.0. The van der Waals surface area contributed by atoms with Gasteiger partial charge < -0.3 is 14.7 Å². The van der Waals surface area contributed by atoms with Gasteiger partial charge in [0.25, 0.3) is 5.24 Å². The Morgan fingerprint density at radius 1 is 0.812 bits per heavy atom. The lowest BCUT2D eigenvalue weighted by Crippen LogP contribution is -2.30. The van der Waals surface area contributed by atoms with E-state index in [1.807, 2.05) is 52.5 Å². The van der Waals surface area contributed by atoms with Gasteiger partial charge in [0.1, 0.15) is 0 Å². The van der Waals surface area contributed by atoms with Crippen molar-refractivity contribution in [3.8, 4) is 0 Å². The number of carbonyl (C=O) groups is 1. The van der Waals surface area contributed by atoms with Crippen LogP contribution in [0.3, 0.4) is 0 Å². The second kappa shape index (κ2) is 8.33. The molecule has 0 spiro atoms. The van der Waals surface area contributed by atoms with Gasteiger partial charge in [-0.05, 0) is 47.5 Å². The molecule has 7 heteroatoms. The van der Waals surface area contributed by atoms with Crippen molar-refractivity contribution >= 4 is 36.6 Å². The molecule has 0 radical (unpaired) electrons. The molecule has 2 N–H and O–H groups in total. The minimum atomic E-state index is -2.52. The molecule has 1 aliphatic heterocycles. The summed E-state index contributed by atoms with van der Waals surface area (Å²) in [5.41, 5.74) is 4.90. The average Bonchev–Trinajstić information content (AvgIpc) is 3.02. The third kappa shape index (κ3) is 3.34. The van der Waals surface area contributed by atoms with Crippen molar-refractivity contribution in [2.24, 2.45) is 10.3 Å². The Hall–Kier alpha value is -3.29. The fourth-order valence-electron chi connectivity index (χ4n) is 4.06. The van der Waals surface area contributed by atoms with Gasteiger partial charge in [-0.15, -0.1) is 0 Å². The molecule has 0 bridgehead atoms. The monoisotopic (exact) mass is 447 g/mol. The molecular weight excluding hydrogens is 418 g/mol. The molecule has 1 amide bonds. The van der Waals surface area contributed by atoms with Crippen molar-refractivity contribution in [3.63, 3.8) is 0 Å². The van der Waals surface area contributed by atoms with Gasteiger partial charge in [0.2, 0.25) is 0 Å². The van der Waals surface area contributed by atoms with E-state index in [0.717, 1.165) is 37.9 Å². The maximum atomic E-state index is 13.8. The SMILES string of the molecule is CN(C)c1ccc(C(c2ccc(N(C)C)cc2)=S2(=NN)C(=O)N(C)c3ccccc32)cc1. The lowest BCUT2D eigenvalue weighted by molar-refractivity contribution is 0.266. The van der Waals surface area contributed by atoms with Crippen molar-refractivity contribution in [2.75, 3.05) is 49.9 Å². The van der Waals surface area contributed by atoms with Crippen LogP contribution in [-0.2, 0) is 9.41 Å². The topological polar surface area (TPSA) is 65.2 Å². The first kappa shape index (κ1) is 21.9. The molecule has 0 fully saturated rings. The molecule has 6 nitrogen and oxygen atoms in total.